The van der Waals surface area contributed by atoms with E-state index in [0.29, 0.717) is 11.4 Å². The van der Waals surface area contributed by atoms with Gasteiger partial charge in [0, 0.05) is 5.69 Å². The van der Waals surface area contributed by atoms with Gasteiger partial charge in [-0.3, -0.25) is 14.5 Å². The number of benzene rings is 1. The molecule has 1 aliphatic rings. The third-order valence-corrected chi connectivity index (χ3v) is 5.18. The van der Waals surface area contributed by atoms with E-state index in [1.54, 1.807) is 12.1 Å². The molecule has 29 heavy (non-hydrogen) atoms. The number of nitrogens with two attached hydrogens (primary N) is 2. The Hall–Kier alpha value is -3.18. The highest BCUT2D eigenvalue weighted by Crippen LogP contribution is 2.34. The Morgan fingerprint density at radius 3 is 2.48 bits per heavy atom. The molecule has 3 rings (SSSR count). The van der Waals surface area contributed by atoms with Crippen LogP contribution in [0.3, 0.4) is 0 Å². The van der Waals surface area contributed by atoms with Crippen LogP contribution in [0.25, 0.3) is 0 Å². The van der Waals surface area contributed by atoms with Gasteiger partial charge < -0.3 is 15.8 Å². The van der Waals surface area contributed by atoms with Crippen molar-refractivity contribution in [2.24, 2.45) is 11.1 Å². The minimum absolute atomic E-state index is 0.0766. The maximum Gasteiger partial charge on any atom is 0.270 e. The summed E-state index contributed by atoms with van der Waals surface area (Å²) in [6, 6.07) is 8.52. The zero-order valence-electron chi connectivity index (χ0n) is 15.8. The maximum absolute atomic E-state index is 12.8. The van der Waals surface area contributed by atoms with Gasteiger partial charge in [-0.05, 0) is 42.3 Å². The number of nitrogens with one attached hydrogen (secondary N) is 1. The molecule has 2 amide bonds. The summed E-state index contributed by atoms with van der Waals surface area (Å²) in [5, 5.41) is 7.66. The number of aromatic nitrogens is 1. The Labute approximate surface area is 167 Å². The lowest BCUT2D eigenvalue weighted by molar-refractivity contribution is -0.129. The molecule has 0 spiro atoms. The number of primary sulfonamides is 1. The first-order chi connectivity index (χ1) is 13.6. The molecule has 0 aliphatic carbocycles. The van der Waals surface area contributed by atoms with E-state index < -0.39 is 27.9 Å². The molecule has 5 N–H and O–H groups in total. The molecule has 1 aromatic heterocycles. The lowest BCUT2D eigenvalue weighted by Gasteiger charge is -2.34. The summed E-state index contributed by atoms with van der Waals surface area (Å²) in [5.74, 6) is -0.294. The molecule has 1 unspecified atom stereocenters. The second kappa shape index (κ2) is 7.68. The van der Waals surface area contributed by atoms with Crippen LogP contribution in [-0.2, 0) is 19.6 Å². The van der Waals surface area contributed by atoms with Gasteiger partial charge in [0.05, 0.1) is 4.90 Å². The van der Waals surface area contributed by atoms with E-state index in [1.807, 2.05) is 13.8 Å². The third-order valence-electron chi connectivity index (χ3n) is 4.25. The normalized spacial score (nSPS) is 16.3. The number of rotatable bonds is 5. The fourth-order valence-corrected chi connectivity index (χ4v) is 3.34. The summed E-state index contributed by atoms with van der Waals surface area (Å²) < 4.78 is 28.4. The van der Waals surface area contributed by atoms with Crippen molar-refractivity contribution in [2.75, 3.05) is 22.5 Å². The minimum atomic E-state index is -3.83. The van der Waals surface area contributed by atoms with Crippen LogP contribution in [0, 0.1) is 5.92 Å². The fourth-order valence-electron chi connectivity index (χ4n) is 2.83. The molecule has 2 aromatic rings. The Kier molecular flexibility index (Phi) is 5.44. The topological polar surface area (TPSA) is 158 Å². The number of nitrogens with zero attached hydrogens (tertiary/aromatic N) is 2. The Morgan fingerprint density at radius 2 is 1.90 bits per heavy atom. The van der Waals surface area contributed by atoms with Crippen molar-refractivity contribution in [2.45, 2.75) is 24.8 Å². The number of hydrogen-bond donors (Lipinski definition) is 3. The van der Waals surface area contributed by atoms with Crippen LogP contribution in [0.2, 0.25) is 0 Å². The van der Waals surface area contributed by atoms with E-state index >= 15 is 0 Å². The largest absolute Gasteiger partial charge is 0.476 e. The number of hydrogen-bond acceptors (Lipinski definition) is 7. The third kappa shape index (κ3) is 4.46. The molecule has 1 atom stereocenters. The number of amides is 2. The number of carbonyl (C=O) groups is 2. The smallest absolute Gasteiger partial charge is 0.270 e. The molecule has 0 bridgehead atoms. The predicted octanol–water partition coefficient (Wildman–Crippen LogP) is 0.700. The number of pyridine rings is 1. The molecule has 10 nitrogen and oxygen atoms in total. The number of fused-ring (bicyclic) bond motifs is 1. The van der Waals surface area contributed by atoms with Gasteiger partial charge in [-0.25, -0.2) is 18.5 Å². The molecule has 1 aliphatic heterocycles. The summed E-state index contributed by atoms with van der Waals surface area (Å²) >= 11 is 0. The molecule has 0 radical (unpaired) electrons. The van der Waals surface area contributed by atoms with Crippen LogP contribution < -0.4 is 25.8 Å². The summed E-state index contributed by atoms with van der Waals surface area (Å²) in [4.78, 5) is 30.7. The van der Waals surface area contributed by atoms with Crippen molar-refractivity contribution in [1.29, 1.82) is 0 Å². The number of sulfonamides is 1. The Balaban J connectivity index is 1.81. The highest BCUT2D eigenvalue weighted by atomic mass is 32.2. The average Bonchev–Trinajstić information content (AvgIpc) is 2.63. The standard InChI is InChI=1S/C18H21N5O5S/c1-10(2)16-18(25)23(17-13(28-16)7-8-14(19)22-17)9-15(24)21-11-3-5-12(6-4-11)29(20,26)27/h3-8,10,16H,9H2,1-2H3,(H2,19,22)(H,21,24)(H2,20,26,27). The van der Waals surface area contributed by atoms with E-state index in [4.69, 9.17) is 15.6 Å². The van der Waals surface area contributed by atoms with Crippen LogP contribution in [0.5, 0.6) is 5.75 Å². The van der Waals surface area contributed by atoms with Crippen LogP contribution in [0.1, 0.15) is 13.8 Å². The summed E-state index contributed by atoms with van der Waals surface area (Å²) in [6.45, 7) is 3.36. The van der Waals surface area contributed by atoms with Crippen molar-refractivity contribution in [1.82, 2.24) is 4.98 Å². The highest BCUT2D eigenvalue weighted by Gasteiger charge is 2.38. The van der Waals surface area contributed by atoms with Gasteiger partial charge >= 0.3 is 0 Å². The molecule has 0 saturated heterocycles. The zero-order chi connectivity index (χ0) is 21.3. The zero-order valence-corrected chi connectivity index (χ0v) is 16.6. The molecule has 0 saturated carbocycles. The second-order valence-electron chi connectivity index (χ2n) is 6.88. The Morgan fingerprint density at radius 1 is 1.24 bits per heavy atom. The highest BCUT2D eigenvalue weighted by molar-refractivity contribution is 7.89. The van der Waals surface area contributed by atoms with Gasteiger partial charge in [0.25, 0.3) is 5.91 Å². The van der Waals surface area contributed by atoms with E-state index in [1.165, 1.54) is 29.2 Å². The molecular weight excluding hydrogens is 398 g/mol. The maximum atomic E-state index is 12.8. The van der Waals surface area contributed by atoms with Crippen LogP contribution >= 0.6 is 0 Å². The summed E-state index contributed by atoms with van der Waals surface area (Å²) in [7, 11) is -3.83. The molecular formula is C18H21N5O5S. The van der Waals surface area contributed by atoms with E-state index in [9.17, 15) is 18.0 Å². The summed E-state index contributed by atoms with van der Waals surface area (Å²) in [6.07, 6.45) is -0.755. The average molecular weight is 419 g/mol. The molecule has 11 heteroatoms. The predicted molar refractivity (Wildman–Crippen MR) is 107 cm³/mol. The quantitative estimate of drug-likeness (QED) is 0.643. The van der Waals surface area contributed by atoms with Crippen molar-refractivity contribution < 1.29 is 22.7 Å². The monoisotopic (exact) mass is 419 g/mol. The minimum Gasteiger partial charge on any atom is -0.476 e. The van der Waals surface area contributed by atoms with Gasteiger partial charge in [-0.2, -0.15) is 0 Å². The van der Waals surface area contributed by atoms with Gasteiger partial charge in [0.1, 0.15) is 12.4 Å². The van der Waals surface area contributed by atoms with E-state index in [2.05, 4.69) is 10.3 Å². The van der Waals surface area contributed by atoms with Crippen LogP contribution in [-0.4, -0.2) is 37.9 Å². The van der Waals surface area contributed by atoms with Gasteiger partial charge in [-0.1, -0.05) is 13.8 Å². The lowest BCUT2D eigenvalue weighted by atomic mass is 10.0. The van der Waals surface area contributed by atoms with E-state index in [0.717, 1.165) is 0 Å². The number of ether oxygens (including phenoxy) is 1. The summed E-state index contributed by atoms with van der Waals surface area (Å²) in [5.41, 5.74) is 6.07. The number of carbonyl (C=O) groups excluding carboxylic acids is 2. The van der Waals surface area contributed by atoms with Crippen LogP contribution in [0.4, 0.5) is 17.3 Å². The van der Waals surface area contributed by atoms with Gasteiger partial charge in [-0.15, -0.1) is 0 Å². The Bertz CT molecular complexity index is 1050. The van der Waals surface area contributed by atoms with Crippen molar-refractivity contribution >= 4 is 39.2 Å². The molecule has 1 aromatic carbocycles. The SMILES string of the molecule is CC(C)C1Oc2ccc(N)nc2N(CC(=O)Nc2ccc(S(N)(=O)=O)cc2)C1=O. The van der Waals surface area contributed by atoms with Crippen LogP contribution in [0.15, 0.2) is 41.3 Å². The molecule has 0 fully saturated rings. The van der Waals surface area contributed by atoms with Crippen molar-refractivity contribution in [3.05, 3.63) is 36.4 Å². The van der Waals surface area contributed by atoms with Gasteiger partial charge in [0.15, 0.2) is 17.7 Å². The first-order valence-electron chi connectivity index (χ1n) is 8.73. The number of nitrogen functional groups attached to an aromatic ring is 1. The first kappa shape index (κ1) is 20.6. The molecule has 2 heterocycles. The van der Waals surface area contributed by atoms with E-state index in [-0.39, 0.29) is 29.0 Å². The van der Waals surface area contributed by atoms with Gasteiger partial charge in [0.2, 0.25) is 15.9 Å². The number of anilines is 3. The lowest BCUT2D eigenvalue weighted by Crippen LogP contribution is -2.51. The van der Waals surface area contributed by atoms with Crippen molar-refractivity contribution in [3.8, 4) is 5.75 Å². The second-order valence-corrected chi connectivity index (χ2v) is 8.44. The fraction of sp³-hybridized carbons (Fsp3) is 0.278. The molecule has 154 valence electrons. The first-order valence-corrected chi connectivity index (χ1v) is 10.3. The van der Waals surface area contributed by atoms with Crippen molar-refractivity contribution in [3.63, 3.8) is 0 Å².